The van der Waals surface area contributed by atoms with Crippen molar-refractivity contribution in [2.24, 2.45) is 10.6 Å². The molecule has 0 bridgehead atoms. The highest BCUT2D eigenvalue weighted by molar-refractivity contribution is 7.88. The second-order valence-electron chi connectivity index (χ2n) is 13.3. The first-order valence-electron chi connectivity index (χ1n) is 15.1. The lowest BCUT2D eigenvalue weighted by molar-refractivity contribution is 0.0438. The molecule has 0 radical (unpaired) electrons. The van der Waals surface area contributed by atoms with Gasteiger partial charge in [-0.05, 0) is 51.0 Å². The largest absolute Gasteiger partial charge is 0.371 e. The summed E-state index contributed by atoms with van der Waals surface area (Å²) in [5.74, 6) is 0. The highest BCUT2D eigenvalue weighted by Gasteiger charge is 2.48. The monoisotopic (exact) mass is 713 g/mol. The Kier molecular flexibility index (Phi) is 8.70. The van der Waals surface area contributed by atoms with Crippen LogP contribution >= 0.6 is 11.6 Å². The lowest BCUT2D eigenvalue weighted by atomic mass is 9.73. The number of nitrogens with zero attached hydrogens (tertiary/aromatic N) is 6. The predicted molar refractivity (Wildman–Crippen MR) is 179 cm³/mol. The SMILES string of the molecule is CC1(C)CN(c2cc(C(F)F)cc3[nH]ncc23)CCN1S(C)(=O)=O.NS(=O)(=O)N1CC2(CCN(c3cc(Cl)cc4[nH]ncc34)CC2)C1. The molecule has 0 aliphatic carbocycles. The van der Waals surface area contributed by atoms with Gasteiger partial charge in [-0.2, -0.15) is 27.2 Å². The number of nitrogens with two attached hydrogens (primary N) is 1. The van der Waals surface area contributed by atoms with Gasteiger partial charge in [-0.3, -0.25) is 10.2 Å². The minimum atomic E-state index is -3.54. The molecule has 1 spiro atoms. The Morgan fingerprint density at radius 1 is 0.851 bits per heavy atom. The van der Waals surface area contributed by atoms with E-state index in [1.165, 1.54) is 27.0 Å². The number of nitrogens with one attached hydrogen (secondary N) is 2. The first-order chi connectivity index (χ1) is 22.0. The number of hydrogen-bond donors (Lipinski definition) is 3. The zero-order chi connectivity index (χ0) is 33.9. The van der Waals surface area contributed by atoms with Crippen molar-refractivity contribution < 1.29 is 25.6 Å². The Balaban J connectivity index is 0.000000164. The van der Waals surface area contributed by atoms with E-state index in [2.05, 4.69) is 25.3 Å². The van der Waals surface area contributed by atoms with Crippen molar-refractivity contribution in [3.05, 3.63) is 47.2 Å². The third-order valence-corrected chi connectivity index (χ3v) is 12.1. The molecule has 0 saturated carbocycles. The van der Waals surface area contributed by atoms with Gasteiger partial charge >= 0.3 is 0 Å². The van der Waals surface area contributed by atoms with E-state index in [4.69, 9.17) is 16.7 Å². The van der Waals surface area contributed by atoms with Crippen LogP contribution < -0.4 is 14.9 Å². The van der Waals surface area contributed by atoms with Crippen LogP contribution in [0.5, 0.6) is 0 Å². The molecule has 18 heteroatoms. The Hall–Kier alpha value is -3.09. The predicted octanol–water partition coefficient (Wildman–Crippen LogP) is 3.68. The molecule has 0 unspecified atom stereocenters. The van der Waals surface area contributed by atoms with Crippen LogP contribution in [0.1, 0.15) is 38.7 Å². The number of fused-ring (bicyclic) bond motifs is 2. The number of alkyl halides is 2. The maximum Gasteiger partial charge on any atom is 0.276 e. The van der Waals surface area contributed by atoms with E-state index >= 15 is 0 Å². The Bertz CT molecular complexity index is 2000. The lowest BCUT2D eigenvalue weighted by Crippen LogP contribution is -2.63. The summed E-state index contributed by atoms with van der Waals surface area (Å²) in [5.41, 5.74) is 2.57. The molecular formula is C29H38ClF2N9O4S2. The minimum Gasteiger partial charge on any atom is -0.371 e. The second kappa shape index (κ2) is 12.1. The normalized spacial score (nSPS) is 20.5. The zero-order valence-corrected chi connectivity index (χ0v) is 28.6. The number of hydrogen-bond acceptors (Lipinski definition) is 8. The molecule has 4 N–H and O–H groups in total. The van der Waals surface area contributed by atoms with E-state index in [0.717, 1.165) is 47.9 Å². The summed E-state index contributed by atoms with van der Waals surface area (Å²) in [4.78, 5) is 4.25. The Labute approximate surface area is 277 Å². The number of aromatic amines is 2. The van der Waals surface area contributed by atoms with Crippen molar-refractivity contribution in [3.8, 4) is 0 Å². The Morgan fingerprint density at radius 3 is 1.96 bits per heavy atom. The van der Waals surface area contributed by atoms with Gasteiger partial charge in [0.2, 0.25) is 10.0 Å². The van der Waals surface area contributed by atoms with Crippen molar-refractivity contribution in [1.29, 1.82) is 0 Å². The molecule has 5 heterocycles. The smallest absolute Gasteiger partial charge is 0.276 e. The summed E-state index contributed by atoms with van der Waals surface area (Å²) >= 11 is 6.20. The zero-order valence-electron chi connectivity index (χ0n) is 26.2. The van der Waals surface area contributed by atoms with Crippen LogP contribution in [0, 0.1) is 5.41 Å². The molecule has 13 nitrogen and oxygen atoms in total. The average Bonchev–Trinajstić information content (AvgIpc) is 3.63. The fourth-order valence-electron chi connectivity index (χ4n) is 7.08. The van der Waals surface area contributed by atoms with Gasteiger partial charge < -0.3 is 9.80 Å². The van der Waals surface area contributed by atoms with E-state index in [0.29, 0.717) is 49.0 Å². The van der Waals surface area contributed by atoms with Gasteiger partial charge in [0.25, 0.3) is 16.6 Å². The molecule has 3 aliphatic heterocycles. The topological polar surface area (TPSA) is 165 Å². The van der Waals surface area contributed by atoms with Crippen LogP contribution in [0.2, 0.25) is 5.02 Å². The Morgan fingerprint density at radius 2 is 1.43 bits per heavy atom. The van der Waals surface area contributed by atoms with E-state index in [9.17, 15) is 25.6 Å². The number of H-pyrrole nitrogens is 2. The molecule has 4 aromatic rings. The summed E-state index contributed by atoms with van der Waals surface area (Å²) in [7, 11) is -6.87. The van der Waals surface area contributed by atoms with Crippen molar-refractivity contribution >= 4 is 65.0 Å². The van der Waals surface area contributed by atoms with Crippen molar-refractivity contribution in [2.75, 3.05) is 61.9 Å². The van der Waals surface area contributed by atoms with Crippen LogP contribution in [-0.4, -0.2) is 103 Å². The molecule has 256 valence electrons. The van der Waals surface area contributed by atoms with Crippen LogP contribution in [0.15, 0.2) is 36.7 Å². The van der Waals surface area contributed by atoms with Gasteiger partial charge in [0, 0.05) is 89.5 Å². The summed E-state index contributed by atoms with van der Waals surface area (Å²) in [6.45, 7) is 7.65. The number of rotatable bonds is 5. The molecular weight excluding hydrogens is 676 g/mol. The van der Waals surface area contributed by atoms with Crippen LogP contribution in [0.25, 0.3) is 21.8 Å². The fraction of sp³-hybridized carbons (Fsp3) is 0.517. The molecule has 3 fully saturated rings. The van der Waals surface area contributed by atoms with E-state index in [1.54, 1.807) is 6.20 Å². The molecule has 0 amide bonds. The quantitative estimate of drug-likeness (QED) is 0.282. The number of sulfonamides is 1. The number of piperidine rings is 1. The molecule has 7 rings (SSSR count). The van der Waals surface area contributed by atoms with Gasteiger partial charge in [0.15, 0.2) is 0 Å². The van der Waals surface area contributed by atoms with E-state index in [-0.39, 0.29) is 11.0 Å². The number of benzene rings is 2. The third kappa shape index (κ3) is 6.78. The summed E-state index contributed by atoms with van der Waals surface area (Å²) in [5, 5.41) is 21.4. The molecule has 2 aromatic carbocycles. The van der Waals surface area contributed by atoms with Gasteiger partial charge in [-0.1, -0.05) is 11.6 Å². The number of anilines is 2. The summed E-state index contributed by atoms with van der Waals surface area (Å²) in [6.07, 6.45) is 3.93. The first kappa shape index (κ1) is 33.8. The van der Waals surface area contributed by atoms with E-state index < -0.39 is 32.2 Å². The lowest BCUT2D eigenvalue weighted by Gasteiger charge is -2.52. The molecule has 3 aliphatic rings. The van der Waals surface area contributed by atoms with Crippen molar-refractivity contribution in [1.82, 2.24) is 29.0 Å². The maximum absolute atomic E-state index is 13.2. The highest BCUT2D eigenvalue weighted by Crippen LogP contribution is 2.43. The average molecular weight is 714 g/mol. The third-order valence-electron chi connectivity index (χ3n) is 9.43. The number of halogens is 3. The molecule has 3 saturated heterocycles. The van der Waals surface area contributed by atoms with Crippen LogP contribution in [0.3, 0.4) is 0 Å². The standard InChI is InChI=1S/C15H20F2N4O2S.C14H18ClN5O2S/c1-15(2)9-20(4-5-21(15)24(3,22)23)13-7-10(14(16)17)6-12-11(13)8-18-19-12;15-10-5-12-11(7-17-18-12)13(6-10)19-3-1-14(2-4-19)8-20(9-14)23(16,21)22/h6-8,14H,4-5,9H2,1-3H3,(H,18,19);5-7H,1-4,8-9H2,(H,17,18)(H2,16,21,22). The van der Waals surface area contributed by atoms with Gasteiger partial charge in [-0.25, -0.2) is 22.3 Å². The van der Waals surface area contributed by atoms with Gasteiger partial charge in [0.1, 0.15) is 0 Å². The number of piperazine rings is 1. The van der Waals surface area contributed by atoms with Crippen LogP contribution in [-0.2, 0) is 20.2 Å². The fourth-order valence-corrected chi connectivity index (χ4v) is 9.57. The molecule has 2 aromatic heterocycles. The molecule has 47 heavy (non-hydrogen) atoms. The van der Waals surface area contributed by atoms with Crippen molar-refractivity contribution in [2.45, 2.75) is 38.7 Å². The first-order valence-corrected chi connectivity index (χ1v) is 18.8. The minimum absolute atomic E-state index is 0.0786. The second-order valence-corrected chi connectivity index (χ2v) is 17.2. The maximum atomic E-state index is 13.2. The van der Waals surface area contributed by atoms with E-state index in [1.807, 2.05) is 37.1 Å². The molecule has 0 atom stereocenters. The summed E-state index contributed by atoms with van der Waals surface area (Å²) < 4.78 is 75.8. The van der Waals surface area contributed by atoms with Crippen molar-refractivity contribution in [3.63, 3.8) is 0 Å². The number of aromatic nitrogens is 4. The van der Waals surface area contributed by atoms with Gasteiger partial charge in [-0.15, -0.1) is 0 Å². The highest BCUT2D eigenvalue weighted by atomic mass is 35.5. The van der Waals surface area contributed by atoms with Gasteiger partial charge in [0.05, 0.1) is 29.7 Å². The van der Waals surface area contributed by atoms with Crippen LogP contribution in [0.4, 0.5) is 20.2 Å². The summed E-state index contributed by atoms with van der Waals surface area (Å²) in [6, 6.07) is 6.70.